The molecule has 1 rings (SSSR count). The van der Waals surface area contributed by atoms with Crippen molar-refractivity contribution in [2.45, 2.75) is 39.8 Å². The van der Waals surface area contributed by atoms with Gasteiger partial charge in [-0.3, -0.25) is 0 Å². The summed E-state index contributed by atoms with van der Waals surface area (Å²) in [6.07, 6.45) is 2.43. The molecule has 0 saturated carbocycles. The third kappa shape index (κ3) is 4.67. The topological polar surface area (TPSA) is 44.5 Å². The summed E-state index contributed by atoms with van der Waals surface area (Å²) in [5, 5.41) is 0. The second-order valence-corrected chi connectivity index (χ2v) is 4.76. The van der Waals surface area contributed by atoms with Gasteiger partial charge in [0.25, 0.3) is 0 Å². The van der Waals surface area contributed by atoms with Crippen molar-refractivity contribution in [1.82, 2.24) is 0 Å². The molecule has 0 heterocycles. The summed E-state index contributed by atoms with van der Waals surface area (Å²) in [4.78, 5) is 0. The molecule has 0 aliphatic rings. The predicted octanol–water partition coefficient (Wildman–Crippen LogP) is 3.11. The summed E-state index contributed by atoms with van der Waals surface area (Å²) in [5.41, 5.74) is 7.87. The van der Waals surface area contributed by atoms with Crippen molar-refractivity contribution < 1.29 is 9.47 Å². The van der Waals surface area contributed by atoms with Gasteiger partial charge in [0.2, 0.25) is 0 Å². The first-order valence-electron chi connectivity index (χ1n) is 6.64. The number of hydrogen-bond donors (Lipinski definition) is 1. The SMILES string of the molecule is CCCC(C)COCc1ccc(OC)c(CN)c1. The monoisotopic (exact) mass is 251 g/mol. The number of nitrogens with two attached hydrogens (primary N) is 1. The van der Waals surface area contributed by atoms with Crippen LogP contribution < -0.4 is 10.5 Å². The Bertz CT molecular complexity index is 352. The van der Waals surface area contributed by atoms with Gasteiger partial charge >= 0.3 is 0 Å². The van der Waals surface area contributed by atoms with E-state index in [0.29, 0.717) is 19.1 Å². The normalized spacial score (nSPS) is 12.4. The summed E-state index contributed by atoms with van der Waals surface area (Å²) < 4.78 is 11.0. The van der Waals surface area contributed by atoms with E-state index in [1.54, 1.807) is 7.11 Å². The Labute approximate surface area is 110 Å². The first-order chi connectivity index (χ1) is 8.71. The minimum atomic E-state index is 0.489. The van der Waals surface area contributed by atoms with E-state index in [1.807, 2.05) is 12.1 Å². The van der Waals surface area contributed by atoms with Crippen molar-refractivity contribution in [2.24, 2.45) is 11.7 Å². The van der Waals surface area contributed by atoms with E-state index in [2.05, 4.69) is 19.9 Å². The van der Waals surface area contributed by atoms with E-state index in [0.717, 1.165) is 23.5 Å². The van der Waals surface area contributed by atoms with Gasteiger partial charge in [-0.15, -0.1) is 0 Å². The molecule has 0 aliphatic carbocycles. The summed E-state index contributed by atoms with van der Waals surface area (Å²) in [5.74, 6) is 1.47. The molecule has 1 atom stereocenters. The van der Waals surface area contributed by atoms with Gasteiger partial charge in [0.1, 0.15) is 5.75 Å². The Kier molecular flexibility index (Phi) is 6.76. The van der Waals surface area contributed by atoms with Crippen LogP contribution in [0.3, 0.4) is 0 Å². The van der Waals surface area contributed by atoms with E-state index in [1.165, 1.54) is 12.8 Å². The fraction of sp³-hybridized carbons (Fsp3) is 0.600. The first-order valence-corrected chi connectivity index (χ1v) is 6.64. The fourth-order valence-electron chi connectivity index (χ4n) is 2.04. The van der Waals surface area contributed by atoms with Crippen molar-refractivity contribution in [3.05, 3.63) is 29.3 Å². The molecule has 18 heavy (non-hydrogen) atoms. The highest BCUT2D eigenvalue weighted by Gasteiger charge is 2.04. The molecule has 1 aromatic carbocycles. The predicted molar refractivity (Wildman–Crippen MR) is 74.6 cm³/mol. The van der Waals surface area contributed by atoms with Crippen molar-refractivity contribution in [1.29, 1.82) is 0 Å². The van der Waals surface area contributed by atoms with E-state index in [4.69, 9.17) is 15.2 Å². The maximum Gasteiger partial charge on any atom is 0.123 e. The smallest absolute Gasteiger partial charge is 0.123 e. The van der Waals surface area contributed by atoms with Crippen LogP contribution in [-0.4, -0.2) is 13.7 Å². The van der Waals surface area contributed by atoms with Gasteiger partial charge in [-0.05, 0) is 30.0 Å². The number of ether oxygens (including phenoxy) is 2. The Morgan fingerprint density at radius 3 is 2.72 bits per heavy atom. The van der Waals surface area contributed by atoms with Gasteiger partial charge in [-0.2, -0.15) is 0 Å². The van der Waals surface area contributed by atoms with Gasteiger partial charge < -0.3 is 15.2 Å². The van der Waals surface area contributed by atoms with Crippen molar-refractivity contribution in [2.75, 3.05) is 13.7 Å². The lowest BCUT2D eigenvalue weighted by molar-refractivity contribution is 0.0893. The molecule has 3 heteroatoms. The third-order valence-electron chi connectivity index (χ3n) is 3.02. The molecular weight excluding hydrogens is 226 g/mol. The summed E-state index contributed by atoms with van der Waals surface area (Å²) >= 11 is 0. The second-order valence-electron chi connectivity index (χ2n) is 4.76. The van der Waals surface area contributed by atoms with Crippen molar-refractivity contribution >= 4 is 0 Å². The zero-order chi connectivity index (χ0) is 13.4. The van der Waals surface area contributed by atoms with Crippen LogP contribution in [0.15, 0.2) is 18.2 Å². The van der Waals surface area contributed by atoms with Crippen molar-refractivity contribution in [3.8, 4) is 5.75 Å². The van der Waals surface area contributed by atoms with Gasteiger partial charge in [-0.25, -0.2) is 0 Å². The average molecular weight is 251 g/mol. The van der Waals surface area contributed by atoms with Gasteiger partial charge in [-0.1, -0.05) is 26.3 Å². The molecule has 0 radical (unpaired) electrons. The van der Waals surface area contributed by atoms with Gasteiger partial charge in [0.05, 0.1) is 13.7 Å². The molecule has 3 nitrogen and oxygen atoms in total. The van der Waals surface area contributed by atoms with Gasteiger partial charge in [0.15, 0.2) is 0 Å². The van der Waals surface area contributed by atoms with Gasteiger partial charge in [0, 0.05) is 18.7 Å². The quantitative estimate of drug-likeness (QED) is 0.772. The molecule has 2 N–H and O–H groups in total. The first kappa shape index (κ1) is 15.0. The standard InChI is InChI=1S/C15H25NO2/c1-4-5-12(2)10-18-11-13-6-7-15(17-3)14(8-13)9-16/h6-8,12H,4-5,9-11,16H2,1-3H3. The highest BCUT2D eigenvalue weighted by Crippen LogP contribution is 2.20. The molecule has 1 unspecified atom stereocenters. The van der Waals surface area contributed by atoms with E-state index < -0.39 is 0 Å². The Hall–Kier alpha value is -1.06. The largest absolute Gasteiger partial charge is 0.496 e. The number of rotatable bonds is 8. The lowest BCUT2D eigenvalue weighted by atomic mass is 10.1. The summed E-state index contributed by atoms with van der Waals surface area (Å²) in [6.45, 7) is 6.38. The van der Waals surface area contributed by atoms with E-state index in [9.17, 15) is 0 Å². The van der Waals surface area contributed by atoms with Crippen LogP contribution in [0.25, 0.3) is 0 Å². The molecule has 102 valence electrons. The molecule has 0 bridgehead atoms. The Morgan fingerprint density at radius 1 is 1.33 bits per heavy atom. The minimum absolute atomic E-state index is 0.489. The van der Waals surface area contributed by atoms with Crippen LogP contribution in [0.2, 0.25) is 0 Å². The molecule has 0 aromatic heterocycles. The zero-order valence-corrected chi connectivity index (χ0v) is 11.7. The maximum absolute atomic E-state index is 5.73. The fourth-order valence-corrected chi connectivity index (χ4v) is 2.04. The highest BCUT2D eigenvalue weighted by molar-refractivity contribution is 5.36. The van der Waals surface area contributed by atoms with E-state index in [-0.39, 0.29) is 0 Å². The molecule has 0 fully saturated rings. The van der Waals surface area contributed by atoms with Crippen LogP contribution in [0, 0.1) is 5.92 Å². The second kappa shape index (κ2) is 8.11. The molecule has 1 aromatic rings. The zero-order valence-electron chi connectivity index (χ0n) is 11.7. The Morgan fingerprint density at radius 2 is 2.11 bits per heavy atom. The minimum Gasteiger partial charge on any atom is -0.496 e. The van der Waals surface area contributed by atoms with Crippen LogP contribution in [0.5, 0.6) is 5.75 Å². The number of methoxy groups -OCH3 is 1. The number of benzene rings is 1. The molecule has 0 aliphatic heterocycles. The van der Waals surface area contributed by atoms with Crippen molar-refractivity contribution in [3.63, 3.8) is 0 Å². The van der Waals surface area contributed by atoms with Crippen LogP contribution in [-0.2, 0) is 17.9 Å². The maximum atomic E-state index is 5.73. The third-order valence-corrected chi connectivity index (χ3v) is 3.02. The highest BCUT2D eigenvalue weighted by atomic mass is 16.5. The summed E-state index contributed by atoms with van der Waals surface area (Å²) in [6, 6.07) is 6.04. The average Bonchev–Trinajstić information content (AvgIpc) is 2.38. The van der Waals surface area contributed by atoms with Crippen LogP contribution >= 0.6 is 0 Å². The Balaban J connectivity index is 2.47. The van der Waals surface area contributed by atoms with E-state index >= 15 is 0 Å². The lowest BCUT2D eigenvalue weighted by Gasteiger charge is -2.12. The molecule has 0 amide bonds. The number of hydrogen-bond acceptors (Lipinski definition) is 3. The lowest BCUT2D eigenvalue weighted by Crippen LogP contribution is -2.06. The van der Waals surface area contributed by atoms with Crippen LogP contribution in [0.1, 0.15) is 37.8 Å². The molecular formula is C15H25NO2. The molecule has 0 spiro atoms. The summed E-state index contributed by atoms with van der Waals surface area (Å²) in [7, 11) is 1.66. The van der Waals surface area contributed by atoms with Crippen LogP contribution in [0.4, 0.5) is 0 Å². The molecule has 0 saturated heterocycles.